The number of carbonyl (C=O) groups is 2. The molecule has 3 heteroatoms. The lowest BCUT2D eigenvalue weighted by Crippen LogP contribution is -2.72. The van der Waals surface area contributed by atoms with Crippen molar-refractivity contribution in [1.82, 2.24) is 0 Å². The molecular formula is C30H48O3. The fraction of sp³-hybridized carbons (Fsp3) is 0.933. The number of carbonyl (C=O) groups excluding carboxylic acids is 2. The molecule has 33 heavy (non-hydrogen) atoms. The summed E-state index contributed by atoms with van der Waals surface area (Å²) in [5.74, 6) is 1.18. The van der Waals surface area contributed by atoms with Gasteiger partial charge in [-0.15, -0.1) is 0 Å². The molecule has 5 fully saturated rings. The average Bonchev–Trinajstić information content (AvgIpc) is 2.70. The van der Waals surface area contributed by atoms with Crippen LogP contribution < -0.4 is 0 Å². The summed E-state index contributed by atoms with van der Waals surface area (Å²) in [4.78, 5) is 26.3. The van der Waals surface area contributed by atoms with Gasteiger partial charge in [-0.3, -0.25) is 9.59 Å². The maximum atomic E-state index is 13.6. The average molecular weight is 457 g/mol. The number of hydrogen-bond acceptors (Lipinski definition) is 3. The number of hydrogen-bond donors (Lipinski definition) is 1. The van der Waals surface area contributed by atoms with Crippen LogP contribution in [0.4, 0.5) is 0 Å². The van der Waals surface area contributed by atoms with E-state index in [-0.39, 0.29) is 63.0 Å². The molecule has 0 radical (unpaired) electrons. The van der Waals surface area contributed by atoms with Crippen molar-refractivity contribution in [3.05, 3.63) is 0 Å². The number of aliphatic hydroxyl groups is 1. The smallest absolute Gasteiger partial charge is 0.144 e. The Morgan fingerprint density at radius 2 is 1.42 bits per heavy atom. The Balaban J connectivity index is 1.61. The highest BCUT2D eigenvalue weighted by Crippen LogP contribution is 2.78. The van der Waals surface area contributed by atoms with Gasteiger partial charge in [-0.1, -0.05) is 55.4 Å². The van der Waals surface area contributed by atoms with Crippen LogP contribution in [0.2, 0.25) is 0 Å². The van der Waals surface area contributed by atoms with Gasteiger partial charge in [-0.05, 0) is 90.3 Å². The quantitative estimate of drug-likeness (QED) is 0.417. The molecule has 0 heterocycles. The fourth-order valence-electron chi connectivity index (χ4n) is 11.1. The molecule has 3 nitrogen and oxygen atoms in total. The normalized spacial score (nSPS) is 58.0. The Labute approximate surface area is 201 Å². The second-order valence-electron chi connectivity index (χ2n) is 15.4. The summed E-state index contributed by atoms with van der Waals surface area (Å²) in [6.07, 6.45) is 8.52. The van der Waals surface area contributed by atoms with Gasteiger partial charge in [0, 0.05) is 17.3 Å². The van der Waals surface area contributed by atoms with Gasteiger partial charge in [0.05, 0.1) is 12.5 Å². The summed E-state index contributed by atoms with van der Waals surface area (Å²) in [5, 5.41) is 12.0. The predicted molar refractivity (Wildman–Crippen MR) is 132 cm³/mol. The molecule has 0 bridgehead atoms. The number of rotatable bonds is 0. The lowest BCUT2D eigenvalue weighted by Gasteiger charge is -2.75. The molecule has 5 saturated carbocycles. The molecule has 5 aliphatic rings. The minimum atomic E-state index is -0.323. The van der Waals surface area contributed by atoms with E-state index in [4.69, 9.17) is 0 Å². The molecule has 10 atom stereocenters. The zero-order valence-corrected chi connectivity index (χ0v) is 22.5. The molecule has 5 aliphatic carbocycles. The summed E-state index contributed by atoms with van der Waals surface area (Å²) in [7, 11) is 0. The van der Waals surface area contributed by atoms with Gasteiger partial charge in [0.2, 0.25) is 0 Å². The zero-order valence-electron chi connectivity index (χ0n) is 22.5. The summed E-state index contributed by atoms with van der Waals surface area (Å²) in [6, 6.07) is 0. The first-order chi connectivity index (χ1) is 15.1. The van der Waals surface area contributed by atoms with Crippen LogP contribution in [-0.2, 0) is 9.59 Å². The van der Waals surface area contributed by atoms with Gasteiger partial charge in [-0.25, -0.2) is 0 Å². The van der Waals surface area contributed by atoms with E-state index in [0.29, 0.717) is 17.3 Å². The van der Waals surface area contributed by atoms with Crippen molar-refractivity contribution in [3.8, 4) is 0 Å². The van der Waals surface area contributed by atoms with E-state index in [0.717, 1.165) is 32.1 Å². The first-order valence-corrected chi connectivity index (χ1v) is 13.8. The van der Waals surface area contributed by atoms with Crippen molar-refractivity contribution in [2.45, 2.75) is 119 Å². The third-order valence-corrected chi connectivity index (χ3v) is 13.5. The molecule has 0 aliphatic heterocycles. The minimum absolute atomic E-state index is 0.0437. The minimum Gasteiger partial charge on any atom is -0.393 e. The number of ketones is 2. The summed E-state index contributed by atoms with van der Waals surface area (Å²) in [6.45, 7) is 18.9. The molecule has 186 valence electrons. The maximum Gasteiger partial charge on any atom is 0.144 e. The Morgan fingerprint density at radius 3 is 2.09 bits per heavy atom. The zero-order chi connectivity index (χ0) is 24.4. The van der Waals surface area contributed by atoms with E-state index >= 15 is 0 Å². The van der Waals surface area contributed by atoms with Crippen LogP contribution in [0.3, 0.4) is 0 Å². The van der Waals surface area contributed by atoms with Crippen molar-refractivity contribution in [1.29, 1.82) is 0 Å². The van der Waals surface area contributed by atoms with Crippen LogP contribution in [0.5, 0.6) is 0 Å². The van der Waals surface area contributed by atoms with E-state index < -0.39 is 0 Å². The summed E-state index contributed by atoms with van der Waals surface area (Å²) in [5.41, 5.74) is 0.0894. The van der Waals surface area contributed by atoms with Crippen molar-refractivity contribution in [2.75, 3.05) is 0 Å². The Bertz CT molecular complexity index is 891. The van der Waals surface area contributed by atoms with Crippen LogP contribution in [0, 0.1) is 56.2 Å². The maximum absolute atomic E-state index is 13.6. The highest BCUT2D eigenvalue weighted by Gasteiger charge is 2.74. The molecule has 0 amide bonds. The standard InChI is InChI=1S/C30H48O3/c1-18-19(31)15-20(32)24-27(18,5)10-9-21-28(24,6)13-14-29(7)22-16-25(2,3)11-12-26(22,4)17-23(33)30(21,29)8/h18,21-24,33H,9-17H2,1-8H3/t18-,21+,22+,23-,24+,26+,27+,28+,29-,30-/m0/s1. The van der Waals surface area contributed by atoms with Gasteiger partial charge < -0.3 is 5.11 Å². The molecular weight excluding hydrogens is 408 g/mol. The van der Waals surface area contributed by atoms with Gasteiger partial charge in [-0.2, -0.15) is 0 Å². The van der Waals surface area contributed by atoms with Crippen molar-refractivity contribution in [3.63, 3.8) is 0 Å². The van der Waals surface area contributed by atoms with Crippen LogP contribution in [0.25, 0.3) is 0 Å². The number of Topliss-reactive ketones (excluding diaryl/α,β-unsaturated/α-hetero) is 2. The Morgan fingerprint density at radius 1 is 0.758 bits per heavy atom. The number of fused-ring (bicyclic) bond motifs is 7. The van der Waals surface area contributed by atoms with Gasteiger partial charge in [0.15, 0.2) is 0 Å². The van der Waals surface area contributed by atoms with E-state index in [2.05, 4.69) is 55.4 Å². The topological polar surface area (TPSA) is 54.4 Å². The molecule has 0 unspecified atom stereocenters. The highest BCUT2D eigenvalue weighted by molar-refractivity contribution is 6.04. The highest BCUT2D eigenvalue weighted by atomic mass is 16.3. The lowest BCUT2D eigenvalue weighted by atomic mass is 9.29. The largest absolute Gasteiger partial charge is 0.393 e. The summed E-state index contributed by atoms with van der Waals surface area (Å²) < 4.78 is 0. The lowest BCUT2D eigenvalue weighted by molar-refractivity contribution is -0.287. The third-order valence-electron chi connectivity index (χ3n) is 13.5. The molecule has 0 spiro atoms. The predicted octanol–water partition coefficient (Wildman–Crippen LogP) is 6.61. The van der Waals surface area contributed by atoms with Crippen LogP contribution in [0.15, 0.2) is 0 Å². The second-order valence-corrected chi connectivity index (χ2v) is 15.4. The molecule has 0 aromatic carbocycles. The SMILES string of the molecule is C[C@H]1C(=O)CC(=O)[C@H]2[C@]3(C)CC[C@@]4(C)[C@@H]5CC(C)(C)CC[C@]5(C)C[C@H](O)[C@]4(C)[C@@H]3CC[C@@]21C. The van der Waals surface area contributed by atoms with Crippen LogP contribution in [0.1, 0.15) is 113 Å². The molecule has 0 aromatic heterocycles. The monoisotopic (exact) mass is 456 g/mol. The third kappa shape index (κ3) is 2.78. The Hall–Kier alpha value is -0.700. The molecule has 0 aromatic rings. The Kier molecular flexibility index (Phi) is 4.90. The van der Waals surface area contributed by atoms with E-state index in [1.54, 1.807) is 0 Å². The van der Waals surface area contributed by atoms with E-state index in [1.807, 2.05) is 0 Å². The van der Waals surface area contributed by atoms with Gasteiger partial charge in [0.25, 0.3) is 0 Å². The van der Waals surface area contributed by atoms with Gasteiger partial charge >= 0.3 is 0 Å². The molecule has 0 saturated heterocycles. The van der Waals surface area contributed by atoms with Crippen LogP contribution >= 0.6 is 0 Å². The first-order valence-electron chi connectivity index (χ1n) is 13.8. The molecule has 1 N–H and O–H groups in total. The van der Waals surface area contributed by atoms with E-state index in [9.17, 15) is 14.7 Å². The number of aliphatic hydroxyl groups excluding tert-OH is 1. The fourth-order valence-corrected chi connectivity index (χ4v) is 11.1. The first kappa shape index (κ1) is 24.0. The van der Waals surface area contributed by atoms with Crippen LogP contribution in [-0.4, -0.2) is 22.8 Å². The second kappa shape index (κ2) is 6.74. The summed E-state index contributed by atoms with van der Waals surface area (Å²) >= 11 is 0. The molecule has 5 rings (SSSR count). The van der Waals surface area contributed by atoms with E-state index in [1.165, 1.54) is 19.3 Å². The van der Waals surface area contributed by atoms with Crippen molar-refractivity contribution >= 4 is 11.6 Å². The van der Waals surface area contributed by atoms with Gasteiger partial charge in [0.1, 0.15) is 11.6 Å². The van der Waals surface area contributed by atoms with Crippen molar-refractivity contribution < 1.29 is 14.7 Å². The van der Waals surface area contributed by atoms with Crippen molar-refractivity contribution in [2.24, 2.45) is 56.2 Å².